The van der Waals surface area contributed by atoms with E-state index in [9.17, 15) is 0 Å². The lowest BCUT2D eigenvalue weighted by Crippen LogP contribution is -2.32. The third kappa shape index (κ3) is 9.49. The van der Waals surface area contributed by atoms with Crippen molar-refractivity contribution >= 4 is 11.8 Å². The summed E-state index contributed by atoms with van der Waals surface area (Å²) in [5, 5.41) is 3.52. The summed E-state index contributed by atoms with van der Waals surface area (Å²) in [6, 6.07) is 0. The van der Waals surface area contributed by atoms with Crippen molar-refractivity contribution in [2.45, 2.75) is 39.5 Å². The van der Waals surface area contributed by atoms with Gasteiger partial charge in [-0.1, -0.05) is 26.7 Å². The second-order valence-electron chi connectivity index (χ2n) is 4.85. The number of nitrogens with one attached hydrogen (secondary N) is 1. The van der Waals surface area contributed by atoms with Crippen LogP contribution < -0.4 is 11.1 Å². The van der Waals surface area contributed by atoms with Crippen molar-refractivity contribution in [1.29, 1.82) is 0 Å². The molecule has 0 bridgehead atoms. The molecule has 0 aromatic rings. The fourth-order valence-corrected chi connectivity index (χ4v) is 2.22. The Hall–Kier alpha value is 0.270. The standard InChI is InChI=1S/C13H30N2S/c1-12(2)13(10-14)11-15-8-6-4-5-7-9-16-3/h12-13,15H,4-11,14H2,1-3H3. The maximum absolute atomic E-state index is 5.73. The van der Waals surface area contributed by atoms with E-state index >= 15 is 0 Å². The van der Waals surface area contributed by atoms with Crippen LogP contribution in [0.1, 0.15) is 39.5 Å². The molecule has 0 amide bonds. The molecule has 2 nitrogen and oxygen atoms in total. The number of unbranched alkanes of at least 4 members (excludes halogenated alkanes) is 3. The summed E-state index contributed by atoms with van der Waals surface area (Å²) in [6.07, 6.45) is 7.61. The van der Waals surface area contributed by atoms with Crippen molar-refractivity contribution < 1.29 is 0 Å². The molecule has 1 unspecified atom stereocenters. The molecule has 0 rings (SSSR count). The Kier molecular flexibility index (Phi) is 11.9. The average Bonchev–Trinajstić information content (AvgIpc) is 2.26. The van der Waals surface area contributed by atoms with Gasteiger partial charge in [0.2, 0.25) is 0 Å². The molecule has 0 spiro atoms. The lowest BCUT2D eigenvalue weighted by atomic mass is 9.96. The topological polar surface area (TPSA) is 38.0 Å². The largest absolute Gasteiger partial charge is 0.330 e. The van der Waals surface area contributed by atoms with E-state index in [-0.39, 0.29) is 0 Å². The van der Waals surface area contributed by atoms with Gasteiger partial charge < -0.3 is 11.1 Å². The Morgan fingerprint density at radius 1 is 1.12 bits per heavy atom. The van der Waals surface area contributed by atoms with Crippen LogP contribution in [0, 0.1) is 11.8 Å². The number of nitrogens with two attached hydrogens (primary N) is 1. The van der Waals surface area contributed by atoms with Gasteiger partial charge in [0.25, 0.3) is 0 Å². The number of thioether (sulfide) groups is 1. The van der Waals surface area contributed by atoms with Crippen molar-refractivity contribution in [3.05, 3.63) is 0 Å². The highest BCUT2D eigenvalue weighted by Gasteiger charge is 2.09. The first-order chi connectivity index (χ1) is 7.72. The highest BCUT2D eigenvalue weighted by atomic mass is 32.2. The average molecular weight is 246 g/mol. The summed E-state index contributed by atoms with van der Waals surface area (Å²) in [5.74, 6) is 2.64. The molecular weight excluding hydrogens is 216 g/mol. The second-order valence-corrected chi connectivity index (χ2v) is 5.84. The van der Waals surface area contributed by atoms with Crippen molar-refractivity contribution in [2.24, 2.45) is 17.6 Å². The molecule has 0 aliphatic rings. The molecule has 0 fully saturated rings. The Morgan fingerprint density at radius 2 is 1.81 bits per heavy atom. The highest BCUT2D eigenvalue weighted by molar-refractivity contribution is 7.98. The monoisotopic (exact) mass is 246 g/mol. The molecule has 0 saturated heterocycles. The van der Waals surface area contributed by atoms with Crippen molar-refractivity contribution in [3.63, 3.8) is 0 Å². The molecule has 0 aliphatic heterocycles. The first-order valence-corrected chi connectivity index (χ1v) is 8.01. The summed E-state index contributed by atoms with van der Waals surface area (Å²) in [5.41, 5.74) is 5.73. The van der Waals surface area contributed by atoms with E-state index in [1.54, 1.807) is 0 Å². The van der Waals surface area contributed by atoms with E-state index in [2.05, 4.69) is 25.4 Å². The predicted octanol–water partition coefficient (Wildman–Crippen LogP) is 2.73. The van der Waals surface area contributed by atoms with Crippen LogP contribution in [0.25, 0.3) is 0 Å². The van der Waals surface area contributed by atoms with E-state index in [1.807, 2.05) is 11.8 Å². The van der Waals surface area contributed by atoms with Gasteiger partial charge in [0, 0.05) is 0 Å². The minimum atomic E-state index is 0.636. The van der Waals surface area contributed by atoms with Crippen LogP contribution in [0.2, 0.25) is 0 Å². The van der Waals surface area contributed by atoms with Crippen molar-refractivity contribution in [2.75, 3.05) is 31.6 Å². The van der Waals surface area contributed by atoms with Crippen molar-refractivity contribution in [1.82, 2.24) is 5.32 Å². The molecule has 0 radical (unpaired) electrons. The molecule has 0 aliphatic carbocycles. The molecule has 98 valence electrons. The fraction of sp³-hybridized carbons (Fsp3) is 1.00. The number of rotatable bonds is 11. The Morgan fingerprint density at radius 3 is 2.38 bits per heavy atom. The lowest BCUT2D eigenvalue weighted by molar-refractivity contribution is 0.369. The summed E-state index contributed by atoms with van der Waals surface area (Å²) in [4.78, 5) is 0. The maximum atomic E-state index is 5.73. The zero-order valence-corrected chi connectivity index (χ0v) is 12.1. The summed E-state index contributed by atoms with van der Waals surface area (Å²) in [6.45, 7) is 7.54. The molecule has 3 heteroatoms. The van der Waals surface area contributed by atoms with Crippen LogP contribution in [0.15, 0.2) is 0 Å². The van der Waals surface area contributed by atoms with Gasteiger partial charge in [0.1, 0.15) is 0 Å². The van der Waals surface area contributed by atoms with Crippen molar-refractivity contribution in [3.8, 4) is 0 Å². The molecule has 3 N–H and O–H groups in total. The SMILES string of the molecule is CSCCCCCCNCC(CN)C(C)C. The first-order valence-electron chi connectivity index (χ1n) is 6.62. The van der Waals surface area contributed by atoms with Gasteiger partial charge in [-0.15, -0.1) is 0 Å². The summed E-state index contributed by atoms with van der Waals surface area (Å²) < 4.78 is 0. The van der Waals surface area contributed by atoms with Gasteiger partial charge in [-0.05, 0) is 56.3 Å². The number of hydrogen-bond acceptors (Lipinski definition) is 3. The van der Waals surface area contributed by atoms with Gasteiger partial charge in [-0.3, -0.25) is 0 Å². The Labute approximate surface area is 106 Å². The van der Waals surface area contributed by atoms with Crippen LogP contribution in [0.4, 0.5) is 0 Å². The van der Waals surface area contributed by atoms with Gasteiger partial charge in [-0.2, -0.15) is 11.8 Å². The second kappa shape index (κ2) is 11.7. The Bertz CT molecular complexity index is 140. The van der Waals surface area contributed by atoms with E-state index in [4.69, 9.17) is 5.73 Å². The molecule has 1 atom stereocenters. The lowest BCUT2D eigenvalue weighted by Gasteiger charge is -2.19. The van der Waals surface area contributed by atoms with Crippen LogP contribution >= 0.6 is 11.8 Å². The van der Waals surface area contributed by atoms with Gasteiger partial charge in [-0.25, -0.2) is 0 Å². The van der Waals surface area contributed by atoms with Crippen LogP contribution in [-0.2, 0) is 0 Å². The molecule has 16 heavy (non-hydrogen) atoms. The molecule has 0 aromatic heterocycles. The zero-order chi connectivity index (χ0) is 12.2. The minimum absolute atomic E-state index is 0.636. The molecule has 0 aromatic carbocycles. The molecule has 0 heterocycles. The smallest absolute Gasteiger partial charge is 0.000600 e. The quantitative estimate of drug-likeness (QED) is 0.551. The third-order valence-corrected chi connectivity index (χ3v) is 3.80. The predicted molar refractivity (Wildman–Crippen MR) is 77.1 cm³/mol. The Balaban J connectivity index is 3.19. The molecule has 0 saturated carbocycles. The maximum Gasteiger partial charge on any atom is -0.000600 e. The zero-order valence-electron chi connectivity index (χ0n) is 11.3. The summed E-state index contributed by atoms with van der Waals surface area (Å²) >= 11 is 1.95. The summed E-state index contributed by atoms with van der Waals surface area (Å²) in [7, 11) is 0. The van der Waals surface area contributed by atoms with E-state index in [0.717, 1.165) is 19.6 Å². The first kappa shape index (κ1) is 16.3. The van der Waals surface area contributed by atoms with Crippen LogP contribution in [0.5, 0.6) is 0 Å². The number of hydrogen-bond donors (Lipinski definition) is 2. The molecular formula is C13H30N2S. The van der Waals surface area contributed by atoms with E-state index in [1.165, 1.54) is 31.4 Å². The highest BCUT2D eigenvalue weighted by Crippen LogP contribution is 2.07. The fourth-order valence-electron chi connectivity index (χ4n) is 1.73. The van der Waals surface area contributed by atoms with Gasteiger partial charge in [0.05, 0.1) is 0 Å². The van der Waals surface area contributed by atoms with E-state index in [0.29, 0.717) is 11.8 Å². The van der Waals surface area contributed by atoms with E-state index < -0.39 is 0 Å². The minimum Gasteiger partial charge on any atom is -0.330 e. The third-order valence-electron chi connectivity index (χ3n) is 3.10. The van der Waals surface area contributed by atoms with Crippen LogP contribution in [-0.4, -0.2) is 31.6 Å². The van der Waals surface area contributed by atoms with Gasteiger partial charge >= 0.3 is 0 Å². The normalized spacial score (nSPS) is 13.3. The van der Waals surface area contributed by atoms with Gasteiger partial charge in [0.15, 0.2) is 0 Å². The van der Waals surface area contributed by atoms with Crippen LogP contribution in [0.3, 0.4) is 0 Å².